The van der Waals surface area contributed by atoms with E-state index in [0.29, 0.717) is 11.8 Å². The Kier molecular flexibility index (Phi) is 4.48. The summed E-state index contributed by atoms with van der Waals surface area (Å²) in [6, 6.07) is 9.83. The van der Waals surface area contributed by atoms with E-state index in [-0.39, 0.29) is 11.9 Å². The van der Waals surface area contributed by atoms with E-state index < -0.39 is 5.54 Å². The predicted octanol–water partition coefficient (Wildman–Crippen LogP) is 2.80. The molecule has 0 saturated heterocycles. The molecule has 1 aliphatic rings. The molecule has 4 unspecified atom stereocenters. The Morgan fingerprint density at radius 3 is 2.55 bits per heavy atom. The lowest BCUT2D eigenvalue weighted by Gasteiger charge is -2.36. The molecule has 0 aliphatic heterocycles. The molecule has 0 heterocycles. The minimum Gasteiger partial charge on any atom is -0.351 e. The third-order valence-electron chi connectivity index (χ3n) is 4.87. The Bertz CT molecular complexity index is 455. The van der Waals surface area contributed by atoms with Crippen molar-refractivity contribution < 1.29 is 4.79 Å². The van der Waals surface area contributed by atoms with Crippen LogP contribution in [0.15, 0.2) is 30.3 Å². The van der Waals surface area contributed by atoms with Gasteiger partial charge in [0.15, 0.2) is 0 Å². The average molecular weight is 274 g/mol. The van der Waals surface area contributed by atoms with Crippen LogP contribution in [0.25, 0.3) is 0 Å². The molecule has 1 aromatic rings. The normalized spacial score (nSPS) is 29.5. The lowest BCUT2D eigenvalue weighted by atomic mass is 9.77. The van der Waals surface area contributed by atoms with Gasteiger partial charge in [0, 0.05) is 6.04 Å². The van der Waals surface area contributed by atoms with Crippen molar-refractivity contribution in [2.75, 3.05) is 0 Å². The van der Waals surface area contributed by atoms with Gasteiger partial charge in [-0.2, -0.15) is 0 Å². The zero-order valence-electron chi connectivity index (χ0n) is 12.7. The van der Waals surface area contributed by atoms with E-state index in [2.05, 4.69) is 19.2 Å². The summed E-state index contributed by atoms with van der Waals surface area (Å²) in [6.07, 6.45) is 3.50. The van der Waals surface area contributed by atoms with E-state index in [1.54, 1.807) is 6.92 Å². The van der Waals surface area contributed by atoms with Crippen molar-refractivity contribution in [2.24, 2.45) is 17.6 Å². The van der Waals surface area contributed by atoms with Crippen molar-refractivity contribution >= 4 is 5.91 Å². The fraction of sp³-hybridized carbons (Fsp3) is 0.588. The molecule has 1 saturated carbocycles. The van der Waals surface area contributed by atoms with Crippen LogP contribution in [0.4, 0.5) is 0 Å². The molecular formula is C17H26N2O. The molecule has 1 aliphatic carbocycles. The van der Waals surface area contributed by atoms with Crippen LogP contribution in [0.1, 0.15) is 45.6 Å². The van der Waals surface area contributed by atoms with E-state index >= 15 is 0 Å². The van der Waals surface area contributed by atoms with Crippen molar-refractivity contribution in [1.29, 1.82) is 0 Å². The molecule has 0 bridgehead atoms. The van der Waals surface area contributed by atoms with Crippen molar-refractivity contribution in [3.05, 3.63) is 35.9 Å². The van der Waals surface area contributed by atoms with Crippen LogP contribution >= 0.6 is 0 Å². The second-order valence-electron chi connectivity index (χ2n) is 6.42. The van der Waals surface area contributed by atoms with Gasteiger partial charge in [0.2, 0.25) is 5.91 Å². The quantitative estimate of drug-likeness (QED) is 0.890. The number of nitrogens with one attached hydrogen (secondary N) is 1. The van der Waals surface area contributed by atoms with Crippen LogP contribution in [-0.4, -0.2) is 11.9 Å². The molecule has 0 aromatic heterocycles. The standard InChI is InChI=1S/C17H26N2O/c1-12-8-7-11-15(13(12)2)19-16(20)17(3,18)14-9-5-4-6-10-14/h4-6,9-10,12-13,15H,7-8,11,18H2,1-3H3,(H,19,20). The minimum absolute atomic E-state index is 0.0744. The monoisotopic (exact) mass is 274 g/mol. The number of benzene rings is 1. The van der Waals surface area contributed by atoms with Gasteiger partial charge in [-0.25, -0.2) is 0 Å². The molecule has 3 N–H and O–H groups in total. The van der Waals surface area contributed by atoms with Gasteiger partial charge in [0.1, 0.15) is 5.54 Å². The maximum absolute atomic E-state index is 12.5. The molecule has 2 rings (SSSR count). The van der Waals surface area contributed by atoms with Crippen LogP contribution in [0.3, 0.4) is 0 Å². The second-order valence-corrected chi connectivity index (χ2v) is 6.42. The molecule has 1 aromatic carbocycles. The predicted molar refractivity (Wildman–Crippen MR) is 82.1 cm³/mol. The summed E-state index contributed by atoms with van der Waals surface area (Å²) in [5, 5.41) is 3.17. The van der Waals surface area contributed by atoms with Gasteiger partial charge in [-0.1, -0.05) is 57.0 Å². The largest absolute Gasteiger partial charge is 0.351 e. The lowest BCUT2D eigenvalue weighted by molar-refractivity contribution is -0.127. The summed E-state index contributed by atoms with van der Waals surface area (Å²) in [6.45, 7) is 6.28. The minimum atomic E-state index is -0.971. The molecule has 1 amide bonds. The van der Waals surface area contributed by atoms with Crippen molar-refractivity contribution in [3.63, 3.8) is 0 Å². The maximum Gasteiger partial charge on any atom is 0.244 e. The molecule has 0 spiro atoms. The summed E-state index contributed by atoms with van der Waals surface area (Å²) in [7, 11) is 0. The Morgan fingerprint density at radius 2 is 1.90 bits per heavy atom. The van der Waals surface area contributed by atoms with E-state index in [0.717, 1.165) is 12.0 Å². The molecule has 20 heavy (non-hydrogen) atoms. The number of rotatable bonds is 3. The highest BCUT2D eigenvalue weighted by Gasteiger charge is 2.35. The fourth-order valence-electron chi connectivity index (χ4n) is 3.02. The highest BCUT2D eigenvalue weighted by molar-refractivity contribution is 5.87. The first-order chi connectivity index (χ1) is 9.43. The first-order valence-corrected chi connectivity index (χ1v) is 7.58. The summed E-state index contributed by atoms with van der Waals surface area (Å²) in [5.41, 5.74) is 6.15. The van der Waals surface area contributed by atoms with Gasteiger partial charge in [-0.15, -0.1) is 0 Å². The Hall–Kier alpha value is -1.35. The number of hydrogen-bond acceptors (Lipinski definition) is 2. The third kappa shape index (κ3) is 3.04. The number of carbonyl (C=O) groups excluding carboxylic acids is 1. The molecular weight excluding hydrogens is 248 g/mol. The van der Waals surface area contributed by atoms with E-state index in [4.69, 9.17) is 5.73 Å². The zero-order valence-corrected chi connectivity index (χ0v) is 12.7. The van der Waals surface area contributed by atoms with E-state index in [1.807, 2.05) is 30.3 Å². The van der Waals surface area contributed by atoms with Gasteiger partial charge in [-0.05, 0) is 30.7 Å². The maximum atomic E-state index is 12.5. The van der Waals surface area contributed by atoms with Gasteiger partial charge >= 0.3 is 0 Å². The topological polar surface area (TPSA) is 55.1 Å². The summed E-state index contributed by atoms with van der Waals surface area (Å²) < 4.78 is 0. The van der Waals surface area contributed by atoms with Crippen LogP contribution in [0, 0.1) is 11.8 Å². The van der Waals surface area contributed by atoms with Crippen molar-refractivity contribution in [2.45, 2.75) is 51.6 Å². The Balaban J connectivity index is 2.07. The average Bonchev–Trinajstić information content (AvgIpc) is 2.44. The first kappa shape index (κ1) is 15.0. The Morgan fingerprint density at radius 1 is 1.25 bits per heavy atom. The number of amides is 1. The number of carbonyl (C=O) groups is 1. The molecule has 1 fully saturated rings. The van der Waals surface area contributed by atoms with Gasteiger partial charge in [0.25, 0.3) is 0 Å². The van der Waals surface area contributed by atoms with Gasteiger partial charge in [0.05, 0.1) is 0 Å². The fourth-order valence-corrected chi connectivity index (χ4v) is 3.02. The molecule has 0 radical (unpaired) electrons. The summed E-state index contributed by atoms with van der Waals surface area (Å²) in [4.78, 5) is 12.5. The van der Waals surface area contributed by atoms with Crippen molar-refractivity contribution in [1.82, 2.24) is 5.32 Å². The highest BCUT2D eigenvalue weighted by atomic mass is 16.2. The van der Waals surface area contributed by atoms with Crippen LogP contribution in [0.5, 0.6) is 0 Å². The summed E-state index contributed by atoms with van der Waals surface area (Å²) >= 11 is 0. The lowest BCUT2D eigenvalue weighted by Crippen LogP contribution is -2.54. The van der Waals surface area contributed by atoms with Crippen molar-refractivity contribution in [3.8, 4) is 0 Å². The van der Waals surface area contributed by atoms with E-state index in [1.165, 1.54) is 12.8 Å². The SMILES string of the molecule is CC1CCCC(NC(=O)C(C)(N)c2ccccc2)C1C. The molecule has 4 atom stereocenters. The second kappa shape index (κ2) is 5.96. The third-order valence-corrected chi connectivity index (χ3v) is 4.87. The van der Waals surface area contributed by atoms with Gasteiger partial charge in [-0.3, -0.25) is 4.79 Å². The number of hydrogen-bond donors (Lipinski definition) is 2. The van der Waals surface area contributed by atoms with E-state index in [9.17, 15) is 4.79 Å². The zero-order chi connectivity index (χ0) is 14.8. The van der Waals surface area contributed by atoms with Gasteiger partial charge < -0.3 is 11.1 Å². The molecule has 110 valence electrons. The highest BCUT2D eigenvalue weighted by Crippen LogP contribution is 2.30. The first-order valence-electron chi connectivity index (χ1n) is 7.58. The van der Waals surface area contributed by atoms with Crippen LogP contribution in [-0.2, 0) is 10.3 Å². The summed E-state index contributed by atoms with van der Waals surface area (Å²) in [5.74, 6) is 1.10. The van der Waals surface area contributed by atoms with Crippen LogP contribution < -0.4 is 11.1 Å². The van der Waals surface area contributed by atoms with Crippen LogP contribution in [0.2, 0.25) is 0 Å². The molecule has 3 nitrogen and oxygen atoms in total. The smallest absolute Gasteiger partial charge is 0.244 e. The molecule has 3 heteroatoms. The Labute approximate surface area is 121 Å². The number of nitrogens with two attached hydrogens (primary N) is 1.